The van der Waals surface area contributed by atoms with Gasteiger partial charge in [0.1, 0.15) is 5.82 Å². The van der Waals surface area contributed by atoms with E-state index in [1.807, 2.05) is 0 Å². The lowest BCUT2D eigenvalue weighted by Crippen LogP contribution is -2.34. The molecule has 0 radical (unpaired) electrons. The molecule has 0 aromatic heterocycles. The lowest BCUT2D eigenvalue weighted by Gasteiger charge is -2.17. The van der Waals surface area contributed by atoms with Gasteiger partial charge in [0.2, 0.25) is 0 Å². The molecule has 1 atom stereocenters. The minimum atomic E-state index is -1.32. The van der Waals surface area contributed by atoms with E-state index in [0.717, 1.165) is 6.07 Å². The molecule has 1 fully saturated rings. The van der Waals surface area contributed by atoms with Crippen molar-refractivity contribution in [2.45, 2.75) is 12.5 Å². The topological polar surface area (TPSA) is 89.9 Å². The van der Waals surface area contributed by atoms with Crippen LogP contribution in [0.4, 0.5) is 14.9 Å². The maximum atomic E-state index is 13.6. The molecule has 1 aliphatic heterocycles. The maximum Gasteiger partial charge on any atom is 0.337 e. The predicted octanol–water partition coefficient (Wildman–Crippen LogP) is 1.12. The SMILES string of the molecule is O=C(O)c1cccc(F)c1NC(=O)N1CCC(O)C1. The number of nitrogens with one attached hydrogen (secondary N) is 1. The highest BCUT2D eigenvalue weighted by molar-refractivity contribution is 6.00. The summed E-state index contributed by atoms with van der Waals surface area (Å²) in [7, 11) is 0. The quantitative estimate of drug-likeness (QED) is 0.749. The van der Waals surface area contributed by atoms with Crippen LogP contribution >= 0.6 is 0 Å². The number of amides is 2. The molecule has 0 spiro atoms. The maximum absolute atomic E-state index is 13.6. The molecule has 1 aromatic carbocycles. The van der Waals surface area contributed by atoms with E-state index >= 15 is 0 Å². The summed E-state index contributed by atoms with van der Waals surface area (Å²) < 4.78 is 13.6. The van der Waals surface area contributed by atoms with E-state index in [1.165, 1.54) is 17.0 Å². The first-order chi connectivity index (χ1) is 8.99. The zero-order valence-corrected chi connectivity index (χ0v) is 9.97. The molecule has 0 aliphatic carbocycles. The molecule has 1 heterocycles. The van der Waals surface area contributed by atoms with Crippen LogP contribution in [0.2, 0.25) is 0 Å². The van der Waals surface area contributed by atoms with Crippen molar-refractivity contribution >= 4 is 17.7 Å². The van der Waals surface area contributed by atoms with E-state index < -0.39 is 23.9 Å². The Bertz CT molecular complexity index is 520. The lowest BCUT2D eigenvalue weighted by molar-refractivity contribution is 0.0697. The van der Waals surface area contributed by atoms with Gasteiger partial charge in [0.25, 0.3) is 0 Å². The highest BCUT2D eigenvalue weighted by Crippen LogP contribution is 2.21. The molecule has 1 saturated heterocycles. The van der Waals surface area contributed by atoms with E-state index in [4.69, 9.17) is 5.11 Å². The zero-order valence-electron chi connectivity index (χ0n) is 9.97. The van der Waals surface area contributed by atoms with Crippen LogP contribution in [0.1, 0.15) is 16.8 Å². The molecular formula is C12H13FN2O4. The molecule has 0 bridgehead atoms. The molecule has 102 valence electrons. The second-order valence-corrected chi connectivity index (χ2v) is 4.29. The van der Waals surface area contributed by atoms with Crippen molar-refractivity contribution in [3.05, 3.63) is 29.6 Å². The molecule has 6 nitrogen and oxygen atoms in total. The summed E-state index contributed by atoms with van der Waals surface area (Å²) in [6, 6.07) is 2.92. The Morgan fingerprint density at radius 1 is 1.42 bits per heavy atom. The number of rotatable bonds is 2. The number of hydrogen-bond donors (Lipinski definition) is 3. The lowest BCUT2D eigenvalue weighted by atomic mass is 10.1. The Balaban J connectivity index is 2.19. The van der Waals surface area contributed by atoms with Crippen molar-refractivity contribution < 1.29 is 24.2 Å². The van der Waals surface area contributed by atoms with Gasteiger partial charge >= 0.3 is 12.0 Å². The van der Waals surface area contributed by atoms with Crippen molar-refractivity contribution in [2.24, 2.45) is 0 Å². The van der Waals surface area contributed by atoms with Gasteiger partial charge in [-0.15, -0.1) is 0 Å². The minimum Gasteiger partial charge on any atom is -0.478 e. The number of β-amino-alcohol motifs (C(OH)–C–C–N with tert-alkyl or cyclic N) is 1. The second-order valence-electron chi connectivity index (χ2n) is 4.29. The number of anilines is 1. The highest BCUT2D eigenvalue weighted by Gasteiger charge is 2.26. The smallest absolute Gasteiger partial charge is 0.337 e. The molecule has 2 amide bonds. The molecule has 7 heteroatoms. The fourth-order valence-electron chi connectivity index (χ4n) is 1.94. The number of carbonyl (C=O) groups is 2. The summed E-state index contributed by atoms with van der Waals surface area (Å²) in [6.07, 6.45) is -0.137. The molecule has 1 aromatic rings. The summed E-state index contributed by atoms with van der Waals surface area (Å²) in [5.74, 6) is -2.13. The van der Waals surface area contributed by atoms with Crippen molar-refractivity contribution in [2.75, 3.05) is 18.4 Å². The van der Waals surface area contributed by atoms with Gasteiger partial charge in [-0.3, -0.25) is 0 Å². The van der Waals surface area contributed by atoms with Gasteiger partial charge in [0, 0.05) is 13.1 Å². The first kappa shape index (κ1) is 13.3. The number of nitrogens with zero attached hydrogens (tertiary/aromatic N) is 1. The average Bonchev–Trinajstić information content (AvgIpc) is 2.78. The van der Waals surface area contributed by atoms with E-state index in [-0.39, 0.29) is 17.8 Å². The number of aromatic carboxylic acids is 1. The molecule has 3 N–H and O–H groups in total. The number of likely N-dealkylation sites (tertiary alicyclic amines) is 1. The molecule has 19 heavy (non-hydrogen) atoms. The summed E-state index contributed by atoms with van der Waals surface area (Å²) in [5, 5.41) is 20.5. The van der Waals surface area contributed by atoms with E-state index in [0.29, 0.717) is 13.0 Å². The van der Waals surface area contributed by atoms with Crippen LogP contribution in [0, 0.1) is 5.82 Å². The number of para-hydroxylation sites is 1. The number of aliphatic hydroxyl groups excluding tert-OH is 1. The van der Waals surface area contributed by atoms with E-state index in [1.54, 1.807) is 0 Å². The third-order valence-corrected chi connectivity index (χ3v) is 2.93. The number of hydrogen-bond acceptors (Lipinski definition) is 3. The summed E-state index contributed by atoms with van der Waals surface area (Å²) >= 11 is 0. The van der Waals surface area contributed by atoms with Gasteiger partial charge < -0.3 is 20.4 Å². The number of urea groups is 1. The Morgan fingerprint density at radius 2 is 2.16 bits per heavy atom. The Kier molecular flexibility index (Phi) is 3.66. The van der Waals surface area contributed by atoms with Crippen LogP contribution in [-0.4, -0.2) is 46.3 Å². The molecule has 1 aliphatic rings. The van der Waals surface area contributed by atoms with Crippen molar-refractivity contribution in [1.29, 1.82) is 0 Å². The highest BCUT2D eigenvalue weighted by atomic mass is 19.1. The Labute approximate surface area is 108 Å². The van der Waals surface area contributed by atoms with Gasteiger partial charge in [-0.1, -0.05) is 6.07 Å². The molecule has 1 unspecified atom stereocenters. The largest absolute Gasteiger partial charge is 0.478 e. The van der Waals surface area contributed by atoms with Gasteiger partial charge in [-0.25, -0.2) is 14.0 Å². The van der Waals surface area contributed by atoms with Gasteiger partial charge in [0.15, 0.2) is 0 Å². The third-order valence-electron chi connectivity index (χ3n) is 2.93. The second kappa shape index (κ2) is 5.23. The average molecular weight is 268 g/mol. The standard InChI is InChI=1S/C12H13FN2O4/c13-9-3-1-2-8(11(17)18)10(9)14-12(19)15-5-4-7(16)6-15/h1-3,7,16H,4-6H2,(H,14,19)(H,17,18). The van der Waals surface area contributed by atoms with Crippen molar-refractivity contribution in [3.63, 3.8) is 0 Å². The number of carboxylic acids is 1. The zero-order chi connectivity index (χ0) is 14.0. The minimum absolute atomic E-state index is 0.155. The van der Waals surface area contributed by atoms with Crippen LogP contribution in [0.3, 0.4) is 0 Å². The van der Waals surface area contributed by atoms with Crippen molar-refractivity contribution in [1.82, 2.24) is 4.90 Å². The van der Waals surface area contributed by atoms with Crippen LogP contribution < -0.4 is 5.32 Å². The monoisotopic (exact) mass is 268 g/mol. The fraction of sp³-hybridized carbons (Fsp3) is 0.333. The number of benzene rings is 1. The predicted molar refractivity (Wildman–Crippen MR) is 64.6 cm³/mol. The van der Waals surface area contributed by atoms with E-state index in [2.05, 4.69) is 5.32 Å². The third kappa shape index (κ3) is 2.82. The molecule has 2 rings (SSSR count). The van der Waals surface area contributed by atoms with Crippen LogP contribution in [0.15, 0.2) is 18.2 Å². The summed E-state index contributed by atoms with van der Waals surface area (Å²) in [6.45, 7) is 0.506. The number of halogens is 1. The normalized spacial score (nSPS) is 18.4. The number of carboxylic acid groups (broad SMARTS) is 1. The van der Waals surface area contributed by atoms with Gasteiger partial charge in [0.05, 0.1) is 17.4 Å². The van der Waals surface area contributed by atoms with Crippen LogP contribution in [0.5, 0.6) is 0 Å². The van der Waals surface area contributed by atoms with E-state index in [9.17, 15) is 19.1 Å². The molecular weight excluding hydrogens is 255 g/mol. The number of aliphatic hydroxyl groups is 1. The Morgan fingerprint density at radius 3 is 2.74 bits per heavy atom. The van der Waals surface area contributed by atoms with Crippen LogP contribution in [-0.2, 0) is 0 Å². The van der Waals surface area contributed by atoms with Gasteiger partial charge in [-0.05, 0) is 18.6 Å². The van der Waals surface area contributed by atoms with Crippen molar-refractivity contribution in [3.8, 4) is 0 Å². The Hall–Kier alpha value is -2.15. The summed E-state index contributed by atoms with van der Waals surface area (Å²) in [4.78, 5) is 24.1. The van der Waals surface area contributed by atoms with Gasteiger partial charge in [-0.2, -0.15) is 0 Å². The molecule has 0 saturated carbocycles. The number of carbonyl (C=O) groups excluding carboxylic acids is 1. The summed E-state index contributed by atoms with van der Waals surface area (Å²) in [5.41, 5.74) is -0.672. The first-order valence-electron chi connectivity index (χ1n) is 5.75. The van der Waals surface area contributed by atoms with Crippen LogP contribution in [0.25, 0.3) is 0 Å². The fourth-order valence-corrected chi connectivity index (χ4v) is 1.94. The first-order valence-corrected chi connectivity index (χ1v) is 5.75.